The third kappa shape index (κ3) is 4.27. The molecule has 6 nitrogen and oxygen atoms in total. The number of amides is 2. The first-order valence-electron chi connectivity index (χ1n) is 10.6. The van der Waals surface area contributed by atoms with Crippen molar-refractivity contribution in [2.24, 2.45) is 5.92 Å². The van der Waals surface area contributed by atoms with Crippen LogP contribution in [-0.2, 0) is 4.79 Å². The number of hydrogen-bond acceptors (Lipinski definition) is 4. The number of pyridine rings is 1. The molecule has 0 unspecified atom stereocenters. The van der Waals surface area contributed by atoms with E-state index in [0.29, 0.717) is 35.4 Å². The highest BCUT2D eigenvalue weighted by molar-refractivity contribution is 6.33. The van der Waals surface area contributed by atoms with Gasteiger partial charge in [0.1, 0.15) is 5.82 Å². The lowest BCUT2D eigenvalue weighted by Crippen LogP contribution is -2.51. The van der Waals surface area contributed by atoms with Crippen LogP contribution in [0.3, 0.4) is 0 Å². The monoisotopic (exact) mass is 404 g/mol. The molecule has 3 heterocycles. The predicted molar refractivity (Wildman–Crippen MR) is 110 cm³/mol. The predicted octanol–water partition coefficient (Wildman–Crippen LogP) is 3.20. The van der Waals surface area contributed by atoms with Crippen LogP contribution in [-0.4, -0.2) is 65.9 Å². The zero-order valence-electron chi connectivity index (χ0n) is 16.4. The fourth-order valence-electron chi connectivity index (χ4n) is 4.65. The summed E-state index contributed by atoms with van der Waals surface area (Å²) in [5, 5.41) is 0.444. The zero-order chi connectivity index (χ0) is 19.5. The van der Waals surface area contributed by atoms with Crippen LogP contribution in [0.2, 0.25) is 5.02 Å². The Bertz CT molecular complexity index is 729. The van der Waals surface area contributed by atoms with E-state index >= 15 is 0 Å². The van der Waals surface area contributed by atoms with E-state index in [1.54, 1.807) is 12.3 Å². The smallest absolute Gasteiger partial charge is 0.255 e. The van der Waals surface area contributed by atoms with Gasteiger partial charge in [0.15, 0.2) is 0 Å². The van der Waals surface area contributed by atoms with Crippen LogP contribution in [0.25, 0.3) is 0 Å². The first-order valence-corrected chi connectivity index (χ1v) is 11.0. The van der Waals surface area contributed by atoms with Crippen molar-refractivity contribution < 1.29 is 9.59 Å². The van der Waals surface area contributed by atoms with E-state index in [9.17, 15) is 9.59 Å². The molecule has 0 atom stereocenters. The minimum absolute atomic E-state index is 0.00175. The van der Waals surface area contributed by atoms with Crippen molar-refractivity contribution in [1.29, 1.82) is 0 Å². The molecule has 28 heavy (non-hydrogen) atoms. The maximum absolute atomic E-state index is 12.7. The molecule has 0 radical (unpaired) electrons. The van der Waals surface area contributed by atoms with Gasteiger partial charge in [0.2, 0.25) is 5.91 Å². The summed E-state index contributed by atoms with van der Waals surface area (Å²) in [6.45, 7) is 4.23. The third-order valence-corrected chi connectivity index (χ3v) is 6.56. The largest absolute Gasteiger partial charge is 0.344 e. The average Bonchev–Trinajstić information content (AvgIpc) is 3.23. The summed E-state index contributed by atoms with van der Waals surface area (Å²) in [7, 11) is 0. The summed E-state index contributed by atoms with van der Waals surface area (Å²) in [6.07, 6.45) is 9.97. The van der Waals surface area contributed by atoms with Crippen molar-refractivity contribution in [3.05, 3.63) is 22.8 Å². The molecule has 1 saturated carbocycles. The lowest BCUT2D eigenvalue weighted by atomic mass is 10.1. The molecule has 0 bridgehead atoms. The number of nitrogens with zero attached hydrogens (tertiary/aromatic N) is 4. The highest BCUT2D eigenvalue weighted by Gasteiger charge is 2.29. The topological polar surface area (TPSA) is 56.8 Å². The van der Waals surface area contributed by atoms with Crippen LogP contribution in [0, 0.1) is 5.92 Å². The number of carbonyl (C=O) groups is 2. The molecule has 4 rings (SSSR count). The molecule has 0 N–H and O–H groups in total. The summed E-state index contributed by atoms with van der Waals surface area (Å²) in [6, 6.07) is 1.70. The first-order chi connectivity index (χ1) is 13.6. The number of aromatic nitrogens is 1. The summed E-state index contributed by atoms with van der Waals surface area (Å²) in [5.74, 6) is 1.41. The second-order valence-electron chi connectivity index (χ2n) is 8.29. The molecule has 7 heteroatoms. The first kappa shape index (κ1) is 19.5. The quantitative estimate of drug-likeness (QED) is 0.773. The van der Waals surface area contributed by atoms with Gasteiger partial charge in [-0.15, -0.1) is 0 Å². The zero-order valence-corrected chi connectivity index (χ0v) is 17.2. The summed E-state index contributed by atoms with van der Waals surface area (Å²) in [5.41, 5.74) is 0.529. The van der Waals surface area contributed by atoms with Crippen molar-refractivity contribution in [3.63, 3.8) is 0 Å². The Morgan fingerprint density at radius 1 is 1.07 bits per heavy atom. The summed E-state index contributed by atoms with van der Waals surface area (Å²) < 4.78 is 0. The van der Waals surface area contributed by atoms with E-state index in [2.05, 4.69) is 4.98 Å². The maximum atomic E-state index is 12.7. The Labute approximate surface area is 171 Å². The molecule has 1 aromatic rings. The molecule has 0 spiro atoms. The van der Waals surface area contributed by atoms with Crippen molar-refractivity contribution in [2.75, 3.05) is 44.2 Å². The van der Waals surface area contributed by atoms with Gasteiger partial charge < -0.3 is 14.7 Å². The Hall–Kier alpha value is -1.82. The lowest BCUT2D eigenvalue weighted by molar-refractivity contribution is -0.131. The Kier molecular flexibility index (Phi) is 6.04. The van der Waals surface area contributed by atoms with Gasteiger partial charge in [-0.3, -0.25) is 9.59 Å². The lowest BCUT2D eigenvalue weighted by Gasteiger charge is -2.36. The molecule has 2 saturated heterocycles. The fraction of sp³-hybridized carbons (Fsp3) is 0.667. The molecule has 2 amide bonds. The van der Waals surface area contributed by atoms with Crippen molar-refractivity contribution in [1.82, 2.24) is 14.8 Å². The highest BCUT2D eigenvalue weighted by atomic mass is 35.5. The van der Waals surface area contributed by atoms with E-state index in [0.717, 1.165) is 39.0 Å². The number of hydrogen-bond donors (Lipinski definition) is 0. The number of anilines is 1. The average molecular weight is 405 g/mol. The van der Waals surface area contributed by atoms with Crippen molar-refractivity contribution in [2.45, 2.75) is 44.9 Å². The maximum Gasteiger partial charge on any atom is 0.255 e. The van der Waals surface area contributed by atoms with Crippen LogP contribution in [0.15, 0.2) is 12.3 Å². The molecule has 2 aliphatic heterocycles. The number of likely N-dealkylation sites (tertiary alicyclic amines) is 1. The SMILES string of the molecule is O=C1CN(c2ncc(C(=O)N3CCCCC3)cc2Cl)CCN1CC1CCCC1. The minimum atomic E-state index is -0.00175. The van der Waals surface area contributed by atoms with Crippen LogP contribution in [0.5, 0.6) is 0 Å². The van der Waals surface area contributed by atoms with Gasteiger partial charge >= 0.3 is 0 Å². The number of piperidine rings is 1. The van der Waals surface area contributed by atoms with Gasteiger partial charge in [-0.2, -0.15) is 0 Å². The van der Waals surface area contributed by atoms with E-state index in [4.69, 9.17) is 11.6 Å². The number of carbonyl (C=O) groups excluding carboxylic acids is 2. The Morgan fingerprint density at radius 2 is 1.82 bits per heavy atom. The van der Waals surface area contributed by atoms with Crippen LogP contribution < -0.4 is 4.90 Å². The minimum Gasteiger partial charge on any atom is -0.344 e. The normalized spacial score (nSPS) is 21.5. The van der Waals surface area contributed by atoms with Gasteiger partial charge in [-0.25, -0.2) is 4.98 Å². The Balaban J connectivity index is 1.39. The van der Waals surface area contributed by atoms with Crippen molar-refractivity contribution in [3.8, 4) is 0 Å². The standard InChI is InChI=1S/C21H29ClN4O2/c22-18-12-17(21(28)24-8-4-1-5-9-24)13-23-20(18)26-11-10-25(19(27)15-26)14-16-6-2-3-7-16/h12-13,16H,1-11,14-15H2. The van der Waals surface area contributed by atoms with E-state index in [-0.39, 0.29) is 11.8 Å². The molecule has 1 aliphatic carbocycles. The van der Waals surface area contributed by atoms with Gasteiger partial charge in [-0.05, 0) is 44.1 Å². The van der Waals surface area contributed by atoms with Crippen LogP contribution in [0.4, 0.5) is 5.82 Å². The fourth-order valence-corrected chi connectivity index (χ4v) is 4.93. The van der Waals surface area contributed by atoms with E-state index < -0.39 is 0 Å². The highest BCUT2D eigenvalue weighted by Crippen LogP contribution is 2.28. The second-order valence-corrected chi connectivity index (χ2v) is 8.70. The van der Waals surface area contributed by atoms with Crippen molar-refractivity contribution >= 4 is 29.2 Å². The number of halogens is 1. The molecule has 3 aliphatic rings. The molecule has 152 valence electrons. The summed E-state index contributed by atoms with van der Waals surface area (Å²) >= 11 is 6.47. The number of piperazine rings is 1. The van der Waals surface area contributed by atoms with Gasteiger partial charge in [0.25, 0.3) is 5.91 Å². The van der Waals surface area contributed by atoms with E-state index in [1.165, 1.54) is 32.1 Å². The molecular formula is C21H29ClN4O2. The van der Waals surface area contributed by atoms with Gasteiger partial charge in [-0.1, -0.05) is 24.4 Å². The number of rotatable bonds is 4. The molecular weight excluding hydrogens is 376 g/mol. The Morgan fingerprint density at radius 3 is 2.50 bits per heavy atom. The van der Waals surface area contributed by atoms with Gasteiger partial charge in [0.05, 0.1) is 17.1 Å². The van der Waals surface area contributed by atoms with Gasteiger partial charge in [0, 0.05) is 38.9 Å². The second kappa shape index (κ2) is 8.68. The van der Waals surface area contributed by atoms with Crippen LogP contribution >= 0.6 is 11.6 Å². The summed E-state index contributed by atoms with van der Waals surface area (Å²) in [4.78, 5) is 35.5. The van der Waals surface area contributed by atoms with E-state index in [1.807, 2.05) is 14.7 Å². The molecule has 0 aromatic carbocycles. The third-order valence-electron chi connectivity index (χ3n) is 6.28. The van der Waals surface area contributed by atoms with Crippen LogP contribution in [0.1, 0.15) is 55.3 Å². The molecule has 1 aromatic heterocycles. The molecule has 3 fully saturated rings.